The van der Waals surface area contributed by atoms with Crippen molar-refractivity contribution >= 4 is 38.6 Å². The average molecular weight is 352 g/mol. The molecule has 5 nitrogen and oxygen atoms in total. The van der Waals surface area contributed by atoms with Crippen molar-refractivity contribution in [2.75, 3.05) is 24.6 Å². The molecular weight excluding hydrogens is 334 g/mol. The number of fused-ring (bicyclic) bond motifs is 1. The quantitative estimate of drug-likeness (QED) is 0.748. The fourth-order valence-corrected chi connectivity index (χ4v) is 2.48. The molecule has 0 amide bonds. The highest BCUT2D eigenvalue weighted by molar-refractivity contribution is 9.10. The minimum atomic E-state index is -0.229. The second-order valence-corrected chi connectivity index (χ2v) is 5.49. The third-order valence-corrected chi connectivity index (χ3v) is 3.42. The lowest BCUT2D eigenvalue weighted by molar-refractivity contribution is -0.141. The van der Waals surface area contributed by atoms with Gasteiger partial charge in [-0.15, -0.1) is 0 Å². The summed E-state index contributed by atoms with van der Waals surface area (Å²) in [5, 5.41) is 0. The van der Waals surface area contributed by atoms with E-state index in [1.807, 2.05) is 24.0 Å². The molecule has 0 aliphatic heterocycles. The summed E-state index contributed by atoms with van der Waals surface area (Å²) in [6, 6.07) is 3.80. The van der Waals surface area contributed by atoms with E-state index in [0.29, 0.717) is 6.61 Å². The van der Waals surface area contributed by atoms with Crippen LogP contribution in [0, 0.1) is 0 Å². The van der Waals surface area contributed by atoms with Gasteiger partial charge in [-0.3, -0.25) is 14.8 Å². The Balaban J connectivity index is 2.37. The van der Waals surface area contributed by atoms with Crippen LogP contribution < -0.4 is 4.90 Å². The van der Waals surface area contributed by atoms with Crippen LogP contribution in [0.5, 0.6) is 0 Å². The zero-order valence-electron chi connectivity index (χ0n) is 12.2. The zero-order chi connectivity index (χ0) is 15.2. The van der Waals surface area contributed by atoms with Crippen molar-refractivity contribution in [1.82, 2.24) is 9.97 Å². The summed E-state index contributed by atoms with van der Waals surface area (Å²) in [5.74, 6) is -0.229. The van der Waals surface area contributed by atoms with Gasteiger partial charge in [0, 0.05) is 23.4 Å². The monoisotopic (exact) mass is 351 g/mol. The fourth-order valence-electron chi connectivity index (χ4n) is 2.16. The van der Waals surface area contributed by atoms with E-state index in [1.54, 1.807) is 12.4 Å². The minimum Gasteiger partial charge on any atom is -0.465 e. The van der Waals surface area contributed by atoms with Crippen LogP contribution in [0.25, 0.3) is 11.0 Å². The molecule has 2 heterocycles. The number of hydrogen-bond acceptors (Lipinski definition) is 5. The van der Waals surface area contributed by atoms with Crippen molar-refractivity contribution in [3.63, 3.8) is 0 Å². The predicted molar refractivity (Wildman–Crippen MR) is 86.4 cm³/mol. The summed E-state index contributed by atoms with van der Waals surface area (Å²) >= 11 is 3.40. The molecular formula is C15H18BrN3O2. The number of pyridine rings is 2. The highest BCUT2D eigenvalue weighted by Crippen LogP contribution is 2.25. The SMILES string of the molecule is CCCN(CC(=O)OCC)c1ccnc2cc(Br)cnc12. The molecule has 0 fully saturated rings. The number of halogens is 1. The molecule has 2 aromatic heterocycles. The molecule has 0 radical (unpaired) electrons. The molecule has 112 valence electrons. The molecule has 0 aromatic carbocycles. The number of esters is 1. The average Bonchev–Trinajstić information content (AvgIpc) is 2.46. The maximum absolute atomic E-state index is 11.8. The van der Waals surface area contributed by atoms with Gasteiger partial charge in [-0.05, 0) is 41.4 Å². The summed E-state index contributed by atoms with van der Waals surface area (Å²) < 4.78 is 5.93. The molecule has 0 atom stereocenters. The van der Waals surface area contributed by atoms with E-state index in [4.69, 9.17) is 4.74 Å². The van der Waals surface area contributed by atoms with Crippen molar-refractivity contribution in [1.29, 1.82) is 0 Å². The first-order valence-corrected chi connectivity index (χ1v) is 7.75. The first-order chi connectivity index (χ1) is 10.2. The van der Waals surface area contributed by atoms with Gasteiger partial charge >= 0.3 is 5.97 Å². The summed E-state index contributed by atoms with van der Waals surface area (Å²) in [4.78, 5) is 22.5. The van der Waals surface area contributed by atoms with Crippen LogP contribution in [0.1, 0.15) is 20.3 Å². The Kier molecular flexibility index (Phi) is 5.50. The van der Waals surface area contributed by atoms with Crippen molar-refractivity contribution < 1.29 is 9.53 Å². The summed E-state index contributed by atoms with van der Waals surface area (Å²) in [5.41, 5.74) is 2.49. The van der Waals surface area contributed by atoms with E-state index in [9.17, 15) is 4.79 Å². The van der Waals surface area contributed by atoms with Gasteiger partial charge in [0.2, 0.25) is 0 Å². The van der Waals surface area contributed by atoms with Crippen LogP contribution in [-0.4, -0.2) is 35.6 Å². The molecule has 0 aliphatic rings. The van der Waals surface area contributed by atoms with Gasteiger partial charge in [0.15, 0.2) is 0 Å². The van der Waals surface area contributed by atoms with Crippen LogP contribution in [0.3, 0.4) is 0 Å². The largest absolute Gasteiger partial charge is 0.465 e. The first kappa shape index (κ1) is 15.7. The molecule has 0 saturated heterocycles. The summed E-state index contributed by atoms with van der Waals surface area (Å²) in [6.07, 6.45) is 4.40. The van der Waals surface area contributed by atoms with Crippen LogP contribution in [0.15, 0.2) is 29.0 Å². The predicted octanol–water partition coefficient (Wildman–Crippen LogP) is 3.17. The maximum Gasteiger partial charge on any atom is 0.325 e. The smallest absolute Gasteiger partial charge is 0.325 e. The molecule has 0 spiro atoms. The lowest BCUT2D eigenvalue weighted by Crippen LogP contribution is -2.32. The number of carbonyl (C=O) groups is 1. The fraction of sp³-hybridized carbons (Fsp3) is 0.400. The lowest BCUT2D eigenvalue weighted by Gasteiger charge is -2.24. The molecule has 0 saturated carbocycles. The first-order valence-electron chi connectivity index (χ1n) is 6.96. The number of ether oxygens (including phenoxy) is 1. The van der Waals surface area contributed by atoms with Crippen LogP contribution >= 0.6 is 15.9 Å². The highest BCUT2D eigenvalue weighted by atomic mass is 79.9. The molecule has 2 aromatic rings. The van der Waals surface area contributed by atoms with Gasteiger partial charge in [-0.1, -0.05) is 6.92 Å². The second-order valence-electron chi connectivity index (χ2n) is 4.58. The van der Waals surface area contributed by atoms with E-state index in [2.05, 4.69) is 32.8 Å². The maximum atomic E-state index is 11.8. The molecule has 21 heavy (non-hydrogen) atoms. The van der Waals surface area contributed by atoms with E-state index >= 15 is 0 Å². The number of carbonyl (C=O) groups excluding carboxylic acids is 1. The molecule has 6 heteroatoms. The van der Waals surface area contributed by atoms with E-state index in [1.165, 1.54) is 0 Å². The number of nitrogens with zero attached hydrogens (tertiary/aromatic N) is 3. The minimum absolute atomic E-state index is 0.221. The highest BCUT2D eigenvalue weighted by Gasteiger charge is 2.15. The molecule has 0 N–H and O–H groups in total. The van der Waals surface area contributed by atoms with Crippen molar-refractivity contribution in [3.8, 4) is 0 Å². The summed E-state index contributed by atoms with van der Waals surface area (Å²) in [6.45, 7) is 5.25. The Morgan fingerprint density at radius 2 is 2.19 bits per heavy atom. The van der Waals surface area contributed by atoms with Crippen molar-refractivity contribution in [2.24, 2.45) is 0 Å². The molecule has 0 unspecified atom stereocenters. The zero-order valence-corrected chi connectivity index (χ0v) is 13.8. The van der Waals surface area contributed by atoms with Gasteiger partial charge in [-0.25, -0.2) is 0 Å². The number of rotatable bonds is 6. The van der Waals surface area contributed by atoms with Gasteiger partial charge in [-0.2, -0.15) is 0 Å². The number of hydrogen-bond donors (Lipinski definition) is 0. The second kappa shape index (κ2) is 7.36. The Hall–Kier alpha value is -1.69. The van der Waals surface area contributed by atoms with Crippen LogP contribution in [-0.2, 0) is 9.53 Å². The van der Waals surface area contributed by atoms with Crippen LogP contribution in [0.2, 0.25) is 0 Å². The molecule has 2 rings (SSSR count). The molecule has 0 aliphatic carbocycles. The van der Waals surface area contributed by atoms with Gasteiger partial charge in [0.25, 0.3) is 0 Å². The summed E-state index contributed by atoms with van der Waals surface area (Å²) in [7, 11) is 0. The van der Waals surface area contributed by atoms with Gasteiger partial charge < -0.3 is 9.64 Å². The normalized spacial score (nSPS) is 10.6. The van der Waals surface area contributed by atoms with E-state index in [-0.39, 0.29) is 12.5 Å². The Labute approximate surface area is 132 Å². The van der Waals surface area contributed by atoms with Gasteiger partial charge in [0.1, 0.15) is 12.1 Å². The number of aromatic nitrogens is 2. The van der Waals surface area contributed by atoms with E-state index < -0.39 is 0 Å². The standard InChI is InChI=1S/C15H18BrN3O2/c1-3-7-19(10-14(20)21-4-2)13-5-6-17-12-8-11(16)9-18-15(12)13/h5-6,8-9H,3-4,7,10H2,1-2H3. The van der Waals surface area contributed by atoms with Crippen molar-refractivity contribution in [2.45, 2.75) is 20.3 Å². The van der Waals surface area contributed by atoms with Crippen LogP contribution in [0.4, 0.5) is 5.69 Å². The van der Waals surface area contributed by atoms with E-state index in [0.717, 1.165) is 34.2 Å². The third kappa shape index (κ3) is 3.91. The van der Waals surface area contributed by atoms with Gasteiger partial charge in [0.05, 0.1) is 17.8 Å². The van der Waals surface area contributed by atoms with Crippen molar-refractivity contribution in [3.05, 3.63) is 29.0 Å². The topological polar surface area (TPSA) is 55.3 Å². The Bertz CT molecular complexity index is 633. The Morgan fingerprint density at radius 1 is 1.38 bits per heavy atom. The number of anilines is 1. The third-order valence-electron chi connectivity index (χ3n) is 2.98. The molecule has 0 bridgehead atoms. The lowest BCUT2D eigenvalue weighted by atomic mass is 10.2. The Morgan fingerprint density at radius 3 is 2.90 bits per heavy atom.